The van der Waals surface area contributed by atoms with Gasteiger partial charge >= 0.3 is 0 Å². The Balaban J connectivity index is 1.43. The molecule has 4 bridgehead atoms. The molecule has 2 atom stereocenters. The molecule has 42 heavy (non-hydrogen) atoms. The van der Waals surface area contributed by atoms with Gasteiger partial charge in [-0.05, 0) is 43.1 Å². The van der Waals surface area contributed by atoms with Crippen molar-refractivity contribution in [3.05, 3.63) is 68.1 Å². The van der Waals surface area contributed by atoms with Crippen molar-refractivity contribution in [3.8, 4) is 0 Å². The Hall–Kier alpha value is -3.64. The van der Waals surface area contributed by atoms with Gasteiger partial charge in [0.25, 0.3) is 11.8 Å². The van der Waals surface area contributed by atoms with Gasteiger partial charge in [0.05, 0.1) is 18.6 Å². The van der Waals surface area contributed by atoms with Crippen molar-refractivity contribution in [1.29, 1.82) is 0 Å². The summed E-state index contributed by atoms with van der Waals surface area (Å²) in [6.07, 6.45) is 3.49. The van der Waals surface area contributed by atoms with Crippen LogP contribution in [0.1, 0.15) is 88.2 Å². The third kappa shape index (κ3) is 7.80. The van der Waals surface area contributed by atoms with E-state index in [1.807, 2.05) is 44.2 Å². The number of carbonyl (C=O) groups is 4. The van der Waals surface area contributed by atoms with Crippen LogP contribution in [0.25, 0.3) is 0 Å². The molecule has 0 radical (unpaired) electrons. The maximum Gasteiger partial charge on any atom is 0.271 e. The molecule has 2 aromatic heterocycles. The molecule has 1 aliphatic carbocycles. The molecule has 2 aliphatic rings. The van der Waals surface area contributed by atoms with Gasteiger partial charge in [-0.3, -0.25) is 19.2 Å². The molecule has 1 fully saturated rings. The SMILES string of the molecule is CC(C)[C@@H]1NC(=O)c2csc(n2)[C@H](Cc2ccccc2)NC(=O)CN(C(=O)CC2CC2)CCCNC(=O)c2csc1n2. The van der Waals surface area contributed by atoms with Gasteiger partial charge in [0.15, 0.2) is 0 Å². The zero-order chi connectivity index (χ0) is 29.6. The molecule has 1 aromatic carbocycles. The fourth-order valence-electron chi connectivity index (χ4n) is 4.83. The first-order valence-corrected chi connectivity index (χ1v) is 16.1. The first-order valence-electron chi connectivity index (χ1n) is 14.4. The Morgan fingerprint density at radius 3 is 2.38 bits per heavy atom. The number of hydrogen-bond donors (Lipinski definition) is 3. The van der Waals surface area contributed by atoms with Crippen LogP contribution in [0.4, 0.5) is 0 Å². The average Bonchev–Trinajstić information content (AvgIpc) is 3.43. The van der Waals surface area contributed by atoms with Crippen molar-refractivity contribution < 1.29 is 19.2 Å². The molecular weight excluding hydrogens is 573 g/mol. The molecule has 10 nitrogen and oxygen atoms in total. The molecule has 0 saturated heterocycles. The third-order valence-corrected chi connectivity index (χ3v) is 9.27. The highest BCUT2D eigenvalue weighted by Crippen LogP contribution is 2.33. The van der Waals surface area contributed by atoms with E-state index in [-0.39, 0.29) is 47.5 Å². The van der Waals surface area contributed by atoms with Gasteiger partial charge < -0.3 is 20.9 Å². The molecule has 3 N–H and O–H groups in total. The standard InChI is InChI=1S/C30H36N6O4S2/c1-18(2)26-30-34-22(16-42-30)27(39)31-11-6-12-36(25(38)14-20-9-10-20)15-24(37)32-21(13-19-7-4-3-5-8-19)29-33-23(17-41-29)28(40)35-26/h3-5,7-8,16-18,20-21,26H,6,9-15H2,1-2H3,(H,31,39)(H,32,37)(H,35,40)/t21-,26-/m0/s1. The van der Waals surface area contributed by atoms with Crippen LogP contribution in [0, 0.1) is 11.8 Å². The number of nitrogens with one attached hydrogen (secondary N) is 3. The fraction of sp³-hybridized carbons (Fsp3) is 0.467. The second-order valence-electron chi connectivity index (χ2n) is 11.2. The lowest BCUT2D eigenvalue weighted by Gasteiger charge is -2.24. The molecule has 222 valence electrons. The summed E-state index contributed by atoms with van der Waals surface area (Å²) in [4.78, 5) is 63.3. The Morgan fingerprint density at radius 1 is 0.976 bits per heavy atom. The van der Waals surface area contributed by atoms with Crippen molar-refractivity contribution in [2.24, 2.45) is 11.8 Å². The molecule has 1 aliphatic heterocycles. The molecule has 0 spiro atoms. The highest BCUT2D eigenvalue weighted by atomic mass is 32.1. The zero-order valence-corrected chi connectivity index (χ0v) is 25.4. The molecule has 4 amide bonds. The average molecular weight is 609 g/mol. The molecule has 0 unspecified atom stereocenters. The Bertz CT molecular complexity index is 1420. The summed E-state index contributed by atoms with van der Waals surface area (Å²) in [5, 5.41) is 13.6. The largest absolute Gasteiger partial charge is 0.351 e. The third-order valence-electron chi connectivity index (χ3n) is 7.38. The molecule has 3 heterocycles. The normalized spacial score (nSPS) is 20.6. The van der Waals surface area contributed by atoms with Crippen LogP contribution in [0.2, 0.25) is 0 Å². The van der Waals surface area contributed by atoms with E-state index in [0.717, 1.165) is 18.4 Å². The molecule has 5 rings (SSSR count). The topological polar surface area (TPSA) is 133 Å². The van der Waals surface area contributed by atoms with Crippen LogP contribution in [-0.2, 0) is 16.0 Å². The molecule has 12 heteroatoms. The van der Waals surface area contributed by atoms with E-state index < -0.39 is 12.1 Å². The Morgan fingerprint density at radius 2 is 1.67 bits per heavy atom. The summed E-state index contributed by atoms with van der Waals surface area (Å²) < 4.78 is 0. The van der Waals surface area contributed by atoms with E-state index >= 15 is 0 Å². The van der Waals surface area contributed by atoms with Crippen LogP contribution < -0.4 is 16.0 Å². The lowest BCUT2D eigenvalue weighted by atomic mass is 10.0. The number of hydrogen-bond acceptors (Lipinski definition) is 8. The number of fused-ring (bicyclic) bond motifs is 4. The monoisotopic (exact) mass is 608 g/mol. The number of nitrogens with zero attached hydrogens (tertiary/aromatic N) is 3. The maximum atomic E-state index is 13.4. The summed E-state index contributed by atoms with van der Waals surface area (Å²) in [5.74, 6) is -0.606. The van der Waals surface area contributed by atoms with Gasteiger partial charge in [-0.2, -0.15) is 0 Å². The molecule has 3 aromatic rings. The van der Waals surface area contributed by atoms with Gasteiger partial charge in [0.1, 0.15) is 21.4 Å². The van der Waals surface area contributed by atoms with Crippen LogP contribution in [0.15, 0.2) is 41.1 Å². The van der Waals surface area contributed by atoms with E-state index in [9.17, 15) is 19.2 Å². The smallest absolute Gasteiger partial charge is 0.271 e. The quantitative estimate of drug-likeness (QED) is 0.403. The Labute approximate surface area is 253 Å². The van der Waals surface area contributed by atoms with Crippen molar-refractivity contribution in [2.75, 3.05) is 19.6 Å². The van der Waals surface area contributed by atoms with E-state index in [1.165, 1.54) is 22.7 Å². The molecular formula is C30H36N6O4S2. The number of benzene rings is 1. The molecule has 1 saturated carbocycles. The van der Waals surface area contributed by atoms with E-state index in [1.54, 1.807) is 15.7 Å². The number of aromatic nitrogens is 2. The highest BCUT2D eigenvalue weighted by molar-refractivity contribution is 7.10. The van der Waals surface area contributed by atoms with Gasteiger partial charge in [0, 0.05) is 30.3 Å². The second kappa shape index (κ2) is 13.6. The van der Waals surface area contributed by atoms with Crippen molar-refractivity contribution in [3.63, 3.8) is 0 Å². The van der Waals surface area contributed by atoms with Gasteiger partial charge in [-0.25, -0.2) is 9.97 Å². The number of thiazole rings is 2. The van der Waals surface area contributed by atoms with E-state index in [4.69, 9.17) is 0 Å². The lowest BCUT2D eigenvalue weighted by molar-refractivity contribution is -0.136. The number of amides is 4. The predicted molar refractivity (Wildman–Crippen MR) is 161 cm³/mol. The number of carbonyl (C=O) groups excluding carboxylic acids is 4. The minimum Gasteiger partial charge on any atom is -0.351 e. The van der Waals surface area contributed by atoms with Crippen LogP contribution in [0.3, 0.4) is 0 Å². The lowest BCUT2D eigenvalue weighted by Crippen LogP contribution is -2.43. The zero-order valence-electron chi connectivity index (χ0n) is 23.8. The van der Waals surface area contributed by atoms with Crippen LogP contribution in [0.5, 0.6) is 0 Å². The van der Waals surface area contributed by atoms with Gasteiger partial charge in [-0.1, -0.05) is 44.2 Å². The summed E-state index contributed by atoms with van der Waals surface area (Å²) in [7, 11) is 0. The number of rotatable bonds is 5. The summed E-state index contributed by atoms with van der Waals surface area (Å²) in [5.41, 5.74) is 1.55. The summed E-state index contributed by atoms with van der Waals surface area (Å²) in [6, 6.07) is 8.90. The van der Waals surface area contributed by atoms with Gasteiger partial charge in [-0.15, -0.1) is 22.7 Å². The van der Waals surface area contributed by atoms with Crippen LogP contribution in [-0.4, -0.2) is 58.1 Å². The first kappa shape index (κ1) is 29.8. The summed E-state index contributed by atoms with van der Waals surface area (Å²) in [6.45, 7) is 4.56. The van der Waals surface area contributed by atoms with Gasteiger partial charge in [0.2, 0.25) is 11.8 Å². The fourth-order valence-corrected chi connectivity index (χ4v) is 6.70. The minimum atomic E-state index is -0.476. The maximum absolute atomic E-state index is 13.4. The van der Waals surface area contributed by atoms with E-state index in [2.05, 4.69) is 25.9 Å². The highest BCUT2D eigenvalue weighted by Gasteiger charge is 2.30. The predicted octanol–water partition coefficient (Wildman–Crippen LogP) is 3.89. The van der Waals surface area contributed by atoms with Crippen molar-refractivity contribution in [1.82, 2.24) is 30.8 Å². The van der Waals surface area contributed by atoms with Crippen molar-refractivity contribution in [2.45, 2.75) is 58.0 Å². The Kier molecular flexibility index (Phi) is 9.63. The van der Waals surface area contributed by atoms with Crippen molar-refractivity contribution >= 4 is 46.3 Å². The first-order chi connectivity index (χ1) is 20.3. The van der Waals surface area contributed by atoms with E-state index in [0.29, 0.717) is 48.3 Å². The second-order valence-corrected chi connectivity index (χ2v) is 13.0. The van der Waals surface area contributed by atoms with Crippen LogP contribution >= 0.6 is 22.7 Å². The summed E-state index contributed by atoms with van der Waals surface area (Å²) >= 11 is 2.65. The minimum absolute atomic E-state index is 0.0208.